The number of nitrogens with zero attached hydrogens (tertiary/aromatic N) is 1. The fourth-order valence-corrected chi connectivity index (χ4v) is 1.85. The Morgan fingerprint density at radius 1 is 0.941 bits per heavy atom. The summed E-state index contributed by atoms with van der Waals surface area (Å²) < 4.78 is 13.3. The summed E-state index contributed by atoms with van der Waals surface area (Å²) >= 11 is 0.708. The molecule has 1 aromatic heterocycles. The molecule has 0 N–H and O–H groups in total. The summed E-state index contributed by atoms with van der Waals surface area (Å²) in [6.45, 7) is 0. The largest absolute Gasteiger partial charge is 0.465 e. The summed E-state index contributed by atoms with van der Waals surface area (Å²) in [4.78, 5) is 37.5. The van der Waals surface area contributed by atoms with Crippen LogP contribution < -0.4 is 0 Å². The smallest absolute Gasteiger partial charge is 0.367 e. The topological polar surface area (TPSA) is 91.8 Å². The Kier molecular flexibility index (Phi) is 4.16. The van der Waals surface area contributed by atoms with Gasteiger partial charge in [0.1, 0.15) is 4.88 Å². The normalized spacial score (nSPS) is 9.59. The molecule has 0 spiro atoms. The quantitative estimate of drug-likeness (QED) is 0.576. The van der Waals surface area contributed by atoms with E-state index >= 15 is 0 Å². The van der Waals surface area contributed by atoms with Gasteiger partial charge in [-0.15, -0.1) is 0 Å². The van der Waals surface area contributed by atoms with Crippen LogP contribution in [0.1, 0.15) is 30.0 Å². The highest BCUT2D eigenvalue weighted by Gasteiger charge is 2.27. The molecule has 0 saturated heterocycles. The van der Waals surface area contributed by atoms with Gasteiger partial charge in [-0.3, -0.25) is 0 Å². The molecule has 0 amide bonds. The van der Waals surface area contributed by atoms with Gasteiger partial charge in [0.15, 0.2) is 5.69 Å². The molecule has 1 heterocycles. The standard InChI is InChI=1S/C9H9NO6S/c1-14-7(11)4-5(8(12)15-2)17-6(10-4)9(13)16-3/h1-3H3. The van der Waals surface area contributed by atoms with Crippen LogP contribution in [0, 0.1) is 0 Å². The Morgan fingerprint density at radius 2 is 1.47 bits per heavy atom. The molecular formula is C9H9NO6S. The van der Waals surface area contributed by atoms with E-state index in [-0.39, 0.29) is 15.6 Å². The van der Waals surface area contributed by atoms with E-state index < -0.39 is 17.9 Å². The number of rotatable bonds is 3. The third-order valence-electron chi connectivity index (χ3n) is 1.74. The Labute approximate surface area is 100 Å². The van der Waals surface area contributed by atoms with Crippen LogP contribution in [-0.4, -0.2) is 44.2 Å². The highest BCUT2D eigenvalue weighted by Crippen LogP contribution is 2.21. The van der Waals surface area contributed by atoms with Gasteiger partial charge in [-0.05, 0) is 0 Å². The lowest BCUT2D eigenvalue weighted by Crippen LogP contribution is -2.10. The lowest BCUT2D eigenvalue weighted by atomic mass is 10.3. The molecule has 0 bridgehead atoms. The predicted molar refractivity (Wildman–Crippen MR) is 56.1 cm³/mol. The highest BCUT2D eigenvalue weighted by molar-refractivity contribution is 7.15. The van der Waals surface area contributed by atoms with Gasteiger partial charge in [-0.1, -0.05) is 11.3 Å². The molecule has 0 aliphatic carbocycles. The molecule has 0 aliphatic rings. The minimum absolute atomic E-state index is 0.0975. The number of carbonyl (C=O) groups excluding carboxylic acids is 3. The van der Waals surface area contributed by atoms with E-state index in [9.17, 15) is 14.4 Å². The van der Waals surface area contributed by atoms with E-state index in [4.69, 9.17) is 0 Å². The molecule has 0 radical (unpaired) electrons. The van der Waals surface area contributed by atoms with Gasteiger partial charge in [0.2, 0.25) is 5.01 Å². The number of esters is 3. The number of thiazole rings is 1. The maximum Gasteiger partial charge on any atom is 0.367 e. The van der Waals surface area contributed by atoms with Gasteiger partial charge in [0, 0.05) is 0 Å². The van der Waals surface area contributed by atoms with Crippen molar-refractivity contribution in [3.8, 4) is 0 Å². The summed E-state index contributed by atoms with van der Waals surface area (Å²) in [7, 11) is 3.46. The van der Waals surface area contributed by atoms with E-state index in [1.807, 2.05) is 0 Å². The second-order valence-corrected chi connectivity index (χ2v) is 3.67. The molecule has 1 aromatic rings. The lowest BCUT2D eigenvalue weighted by Gasteiger charge is -1.97. The minimum atomic E-state index is -0.822. The maximum atomic E-state index is 11.4. The first-order valence-electron chi connectivity index (χ1n) is 4.30. The number of hydrogen-bond acceptors (Lipinski definition) is 8. The minimum Gasteiger partial charge on any atom is -0.465 e. The number of ether oxygens (including phenoxy) is 3. The zero-order chi connectivity index (χ0) is 13.0. The van der Waals surface area contributed by atoms with E-state index in [1.165, 1.54) is 7.11 Å². The number of hydrogen-bond donors (Lipinski definition) is 0. The predicted octanol–water partition coefficient (Wildman–Crippen LogP) is 0.503. The average molecular weight is 259 g/mol. The van der Waals surface area contributed by atoms with Crippen LogP contribution >= 0.6 is 11.3 Å². The van der Waals surface area contributed by atoms with Crippen LogP contribution in [0.5, 0.6) is 0 Å². The molecule has 0 saturated carbocycles. The Morgan fingerprint density at radius 3 is 1.94 bits per heavy atom. The van der Waals surface area contributed by atoms with Crippen LogP contribution in [0.15, 0.2) is 0 Å². The molecule has 92 valence electrons. The summed E-state index contributed by atoms with van der Waals surface area (Å²) in [6.07, 6.45) is 0. The van der Waals surface area contributed by atoms with Gasteiger partial charge < -0.3 is 14.2 Å². The fraction of sp³-hybridized carbons (Fsp3) is 0.333. The second kappa shape index (κ2) is 5.39. The molecule has 7 nitrogen and oxygen atoms in total. The lowest BCUT2D eigenvalue weighted by molar-refractivity contribution is 0.0553. The maximum absolute atomic E-state index is 11.4. The van der Waals surface area contributed by atoms with Gasteiger partial charge in [-0.25, -0.2) is 19.4 Å². The van der Waals surface area contributed by atoms with Gasteiger partial charge in [-0.2, -0.15) is 0 Å². The van der Waals surface area contributed by atoms with Gasteiger partial charge in [0.05, 0.1) is 21.3 Å². The first-order valence-corrected chi connectivity index (χ1v) is 5.12. The molecule has 17 heavy (non-hydrogen) atoms. The first-order chi connectivity index (χ1) is 8.04. The molecule has 0 aliphatic heterocycles. The molecule has 0 atom stereocenters. The third kappa shape index (κ3) is 2.59. The van der Waals surface area contributed by atoms with Crippen LogP contribution in [0.3, 0.4) is 0 Å². The highest BCUT2D eigenvalue weighted by atomic mass is 32.1. The third-order valence-corrected chi connectivity index (χ3v) is 2.75. The van der Waals surface area contributed by atoms with E-state index in [0.717, 1.165) is 14.2 Å². The first kappa shape index (κ1) is 13.1. The number of carbonyl (C=O) groups is 3. The van der Waals surface area contributed by atoms with Crippen LogP contribution in [-0.2, 0) is 14.2 Å². The fourth-order valence-electron chi connectivity index (χ4n) is 0.961. The number of aromatic nitrogens is 1. The van der Waals surface area contributed by atoms with E-state index in [0.29, 0.717) is 11.3 Å². The molecule has 0 aromatic carbocycles. The molecule has 0 fully saturated rings. The zero-order valence-electron chi connectivity index (χ0n) is 9.30. The zero-order valence-corrected chi connectivity index (χ0v) is 10.1. The van der Waals surface area contributed by atoms with Crippen molar-refractivity contribution in [2.45, 2.75) is 0 Å². The van der Waals surface area contributed by atoms with Crippen molar-refractivity contribution in [2.24, 2.45) is 0 Å². The Balaban J connectivity index is 3.26. The van der Waals surface area contributed by atoms with Crippen molar-refractivity contribution < 1.29 is 28.6 Å². The molecule has 8 heteroatoms. The average Bonchev–Trinajstić information content (AvgIpc) is 2.80. The van der Waals surface area contributed by atoms with Crippen molar-refractivity contribution in [1.82, 2.24) is 4.98 Å². The van der Waals surface area contributed by atoms with Crippen molar-refractivity contribution in [3.05, 3.63) is 15.6 Å². The van der Waals surface area contributed by atoms with Crippen molar-refractivity contribution in [3.63, 3.8) is 0 Å². The van der Waals surface area contributed by atoms with Crippen LogP contribution in [0.25, 0.3) is 0 Å². The molecular weight excluding hydrogens is 250 g/mol. The summed E-state index contributed by atoms with van der Waals surface area (Å²) in [5.74, 6) is -2.33. The van der Waals surface area contributed by atoms with Crippen molar-refractivity contribution >= 4 is 29.2 Å². The summed E-state index contributed by atoms with van der Waals surface area (Å²) in [5, 5.41) is -0.117. The summed E-state index contributed by atoms with van der Waals surface area (Å²) in [5.41, 5.74) is -0.259. The van der Waals surface area contributed by atoms with Crippen LogP contribution in [0.2, 0.25) is 0 Å². The van der Waals surface area contributed by atoms with Crippen LogP contribution in [0.4, 0.5) is 0 Å². The second-order valence-electron chi connectivity index (χ2n) is 2.67. The van der Waals surface area contributed by atoms with E-state index in [2.05, 4.69) is 19.2 Å². The van der Waals surface area contributed by atoms with Crippen molar-refractivity contribution in [1.29, 1.82) is 0 Å². The summed E-state index contributed by atoms with van der Waals surface area (Å²) in [6, 6.07) is 0. The number of methoxy groups -OCH3 is 3. The SMILES string of the molecule is COC(=O)c1nc(C(=O)OC)c(C(=O)OC)s1. The molecule has 0 unspecified atom stereocenters. The molecule has 1 rings (SSSR count). The van der Waals surface area contributed by atoms with Gasteiger partial charge in [0.25, 0.3) is 0 Å². The van der Waals surface area contributed by atoms with Crippen molar-refractivity contribution in [2.75, 3.05) is 21.3 Å². The Bertz CT molecular complexity index is 433. The Hall–Kier alpha value is -1.96. The van der Waals surface area contributed by atoms with Gasteiger partial charge >= 0.3 is 17.9 Å². The van der Waals surface area contributed by atoms with E-state index in [1.54, 1.807) is 0 Å². The monoisotopic (exact) mass is 259 g/mol.